The lowest BCUT2D eigenvalue weighted by Crippen LogP contribution is -2.53. The van der Waals surface area contributed by atoms with E-state index < -0.39 is 0 Å². The molecule has 3 rings (SSSR count). The standard InChI is InChI=1S/C20H32/c1-6-18(3)12-13-20(5)16(14-18)10-11-19(4)15(2)8-7-9-17(19)20/h6,16-17H,1-2,7-14H2,3-5H3. The lowest BCUT2D eigenvalue weighted by atomic mass is 9.42. The maximum Gasteiger partial charge on any atom is -0.00854 e. The molecule has 3 aliphatic rings. The minimum atomic E-state index is 0.392. The van der Waals surface area contributed by atoms with Crippen molar-refractivity contribution in [2.45, 2.75) is 72.1 Å². The van der Waals surface area contributed by atoms with Crippen LogP contribution >= 0.6 is 0 Å². The Hall–Kier alpha value is -0.520. The second kappa shape index (κ2) is 4.49. The SMILES string of the molecule is C=CC1(C)CCC2(C)C(CCC3(C)C(=C)CCCC32)C1. The van der Waals surface area contributed by atoms with Crippen LogP contribution in [0.3, 0.4) is 0 Å². The quantitative estimate of drug-likeness (QED) is 0.503. The first-order valence-corrected chi connectivity index (χ1v) is 8.66. The van der Waals surface area contributed by atoms with Crippen LogP contribution in [-0.4, -0.2) is 0 Å². The number of hydrogen-bond donors (Lipinski definition) is 0. The van der Waals surface area contributed by atoms with E-state index in [9.17, 15) is 0 Å². The van der Waals surface area contributed by atoms with E-state index in [0.717, 1.165) is 11.8 Å². The zero-order valence-corrected chi connectivity index (χ0v) is 13.8. The van der Waals surface area contributed by atoms with Gasteiger partial charge in [0.25, 0.3) is 0 Å². The predicted molar refractivity (Wildman–Crippen MR) is 87.6 cm³/mol. The first-order valence-electron chi connectivity index (χ1n) is 8.66. The largest absolute Gasteiger partial charge is 0.103 e. The van der Waals surface area contributed by atoms with E-state index in [-0.39, 0.29) is 0 Å². The van der Waals surface area contributed by atoms with Crippen molar-refractivity contribution < 1.29 is 0 Å². The molecule has 0 nitrogen and oxygen atoms in total. The van der Waals surface area contributed by atoms with E-state index in [0.29, 0.717) is 16.2 Å². The topological polar surface area (TPSA) is 0 Å². The summed E-state index contributed by atoms with van der Waals surface area (Å²) in [6.45, 7) is 16.1. The molecule has 0 amide bonds. The highest BCUT2D eigenvalue weighted by atomic mass is 14.6. The van der Waals surface area contributed by atoms with Crippen molar-refractivity contribution in [2.24, 2.45) is 28.1 Å². The Kier molecular flexibility index (Phi) is 3.23. The summed E-state index contributed by atoms with van der Waals surface area (Å²) >= 11 is 0. The van der Waals surface area contributed by atoms with E-state index >= 15 is 0 Å². The van der Waals surface area contributed by atoms with Gasteiger partial charge in [0.2, 0.25) is 0 Å². The zero-order chi connectivity index (χ0) is 14.6. The molecular weight excluding hydrogens is 240 g/mol. The monoisotopic (exact) mass is 272 g/mol. The molecule has 5 atom stereocenters. The highest BCUT2D eigenvalue weighted by Gasteiger charge is 2.57. The van der Waals surface area contributed by atoms with Crippen LogP contribution in [-0.2, 0) is 0 Å². The average Bonchev–Trinajstić information content (AvgIpc) is 2.43. The summed E-state index contributed by atoms with van der Waals surface area (Å²) in [7, 11) is 0. The first kappa shape index (κ1) is 14.4. The summed E-state index contributed by atoms with van der Waals surface area (Å²) in [5, 5.41) is 0. The number of rotatable bonds is 1. The third kappa shape index (κ3) is 1.86. The summed E-state index contributed by atoms with van der Waals surface area (Å²) in [6, 6.07) is 0. The van der Waals surface area contributed by atoms with Crippen molar-refractivity contribution in [3.63, 3.8) is 0 Å². The van der Waals surface area contributed by atoms with Gasteiger partial charge in [-0.15, -0.1) is 6.58 Å². The van der Waals surface area contributed by atoms with Crippen LogP contribution in [0, 0.1) is 28.1 Å². The Labute approximate surface area is 125 Å². The highest BCUT2D eigenvalue weighted by Crippen LogP contribution is 2.66. The molecule has 112 valence electrons. The van der Waals surface area contributed by atoms with Crippen LogP contribution in [0.4, 0.5) is 0 Å². The van der Waals surface area contributed by atoms with Crippen molar-refractivity contribution in [1.29, 1.82) is 0 Å². The Morgan fingerprint density at radius 2 is 1.85 bits per heavy atom. The fourth-order valence-electron chi connectivity index (χ4n) is 5.99. The van der Waals surface area contributed by atoms with Gasteiger partial charge < -0.3 is 0 Å². The smallest absolute Gasteiger partial charge is 0.00854 e. The van der Waals surface area contributed by atoms with Crippen LogP contribution in [0.2, 0.25) is 0 Å². The maximum atomic E-state index is 4.47. The minimum absolute atomic E-state index is 0.392. The van der Waals surface area contributed by atoms with Crippen molar-refractivity contribution in [3.05, 3.63) is 24.8 Å². The highest BCUT2D eigenvalue weighted by molar-refractivity contribution is 5.20. The molecule has 0 saturated heterocycles. The Morgan fingerprint density at radius 3 is 2.55 bits per heavy atom. The third-order valence-corrected chi connectivity index (χ3v) is 7.73. The molecule has 0 aromatic heterocycles. The fraction of sp³-hybridized carbons (Fsp3) is 0.800. The molecule has 0 aromatic rings. The molecule has 0 bridgehead atoms. The zero-order valence-electron chi connectivity index (χ0n) is 13.8. The lowest BCUT2D eigenvalue weighted by molar-refractivity contribution is -0.0979. The van der Waals surface area contributed by atoms with Crippen molar-refractivity contribution in [1.82, 2.24) is 0 Å². The van der Waals surface area contributed by atoms with Crippen LogP contribution in [0.5, 0.6) is 0 Å². The summed E-state index contributed by atoms with van der Waals surface area (Å²) in [5.41, 5.74) is 2.94. The molecule has 20 heavy (non-hydrogen) atoms. The second-order valence-corrected chi connectivity index (χ2v) is 8.77. The summed E-state index contributed by atoms with van der Waals surface area (Å²) in [4.78, 5) is 0. The van der Waals surface area contributed by atoms with E-state index in [1.807, 2.05) is 0 Å². The van der Waals surface area contributed by atoms with Gasteiger partial charge in [-0.2, -0.15) is 0 Å². The Bertz CT molecular complexity index is 433. The summed E-state index contributed by atoms with van der Waals surface area (Å²) in [5.74, 6) is 1.78. The van der Waals surface area contributed by atoms with E-state index in [1.54, 1.807) is 5.57 Å². The summed E-state index contributed by atoms with van der Waals surface area (Å²) < 4.78 is 0. The molecule has 0 heterocycles. The normalized spacial score (nSPS) is 52.0. The van der Waals surface area contributed by atoms with Gasteiger partial charge in [-0.1, -0.05) is 39.0 Å². The van der Waals surface area contributed by atoms with Crippen molar-refractivity contribution >= 4 is 0 Å². The molecule has 0 aromatic carbocycles. The number of fused-ring (bicyclic) bond motifs is 3. The molecule has 3 aliphatic carbocycles. The van der Waals surface area contributed by atoms with E-state index in [1.165, 1.54) is 51.4 Å². The van der Waals surface area contributed by atoms with Gasteiger partial charge in [-0.25, -0.2) is 0 Å². The fourth-order valence-corrected chi connectivity index (χ4v) is 5.99. The van der Waals surface area contributed by atoms with Crippen LogP contribution < -0.4 is 0 Å². The molecule has 0 N–H and O–H groups in total. The Morgan fingerprint density at radius 1 is 1.10 bits per heavy atom. The number of allylic oxidation sites excluding steroid dienone is 2. The third-order valence-electron chi connectivity index (χ3n) is 7.73. The second-order valence-electron chi connectivity index (χ2n) is 8.77. The number of hydrogen-bond acceptors (Lipinski definition) is 0. The predicted octanol–water partition coefficient (Wildman–Crippen LogP) is 6.14. The van der Waals surface area contributed by atoms with Gasteiger partial charge in [-0.3, -0.25) is 0 Å². The molecular formula is C20H32. The van der Waals surface area contributed by atoms with Gasteiger partial charge in [0.15, 0.2) is 0 Å². The first-order chi connectivity index (χ1) is 9.34. The van der Waals surface area contributed by atoms with Gasteiger partial charge in [0.05, 0.1) is 0 Å². The van der Waals surface area contributed by atoms with E-state index in [4.69, 9.17) is 0 Å². The summed E-state index contributed by atoms with van der Waals surface area (Å²) in [6.07, 6.45) is 13.2. The van der Waals surface area contributed by atoms with Crippen molar-refractivity contribution in [3.8, 4) is 0 Å². The molecule has 0 spiro atoms. The average molecular weight is 272 g/mol. The maximum absolute atomic E-state index is 4.47. The molecule has 0 heteroatoms. The van der Waals surface area contributed by atoms with Gasteiger partial charge in [0, 0.05) is 0 Å². The molecule has 0 aliphatic heterocycles. The Balaban J connectivity index is 1.92. The van der Waals surface area contributed by atoms with Gasteiger partial charge in [-0.05, 0) is 79.4 Å². The van der Waals surface area contributed by atoms with Crippen LogP contribution in [0.15, 0.2) is 24.8 Å². The van der Waals surface area contributed by atoms with Crippen molar-refractivity contribution in [2.75, 3.05) is 0 Å². The van der Waals surface area contributed by atoms with E-state index in [2.05, 4.69) is 40.0 Å². The van der Waals surface area contributed by atoms with Gasteiger partial charge >= 0.3 is 0 Å². The lowest BCUT2D eigenvalue weighted by Gasteiger charge is -2.62. The minimum Gasteiger partial charge on any atom is -0.103 e. The molecule has 0 radical (unpaired) electrons. The van der Waals surface area contributed by atoms with Crippen LogP contribution in [0.1, 0.15) is 72.1 Å². The molecule has 5 unspecified atom stereocenters. The molecule has 3 saturated carbocycles. The molecule has 3 fully saturated rings. The van der Waals surface area contributed by atoms with Crippen LogP contribution in [0.25, 0.3) is 0 Å². The van der Waals surface area contributed by atoms with Gasteiger partial charge in [0.1, 0.15) is 0 Å².